The third kappa shape index (κ3) is 1.99. The number of rotatable bonds is 3. The summed E-state index contributed by atoms with van der Waals surface area (Å²) >= 11 is 0. The Balaban J connectivity index is 2.62. The van der Waals surface area contributed by atoms with Gasteiger partial charge in [0.15, 0.2) is 0 Å². The first-order valence-electron chi connectivity index (χ1n) is 5.59. The summed E-state index contributed by atoms with van der Waals surface area (Å²) in [6, 6.07) is 5.62. The molecule has 1 aromatic carbocycles. The van der Waals surface area contributed by atoms with Gasteiger partial charge in [0.05, 0.1) is 19.9 Å². The molecule has 0 spiro atoms. The minimum absolute atomic E-state index is 0.617. The zero-order chi connectivity index (χ0) is 13.3. The minimum atomic E-state index is 0.617. The number of nitrogens with zero attached hydrogens (tertiary/aromatic N) is 2. The van der Waals surface area contributed by atoms with Gasteiger partial charge in [-0.25, -0.2) is 0 Å². The van der Waals surface area contributed by atoms with Crippen LogP contribution in [0.5, 0.6) is 11.5 Å². The Kier molecular flexibility index (Phi) is 3.14. The summed E-state index contributed by atoms with van der Waals surface area (Å²) in [4.78, 5) is 0. The Hall–Kier alpha value is -2.17. The third-order valence-electron chi connectivity index (χ3n) is 2.98. The lowest BCUT2D eigenvalue weighted by atomic mass is 10.0. The fourth-order valence-corrected chi connectivity index (χ4v) is 1.87. The largest absolute Gasteiger partial charge is 0.497 e. The van der Waals surface area contributed by atoms with Gasteiger partial charge in [-0.15, -0.1) is 0 Å². The van der Waals surface area contributed by atoms with Gasteiger partial charge in [-0.1, -0.05) is 0 Å². The molecule has 0 aliphatic rings. The van der Waals surface area contributed by atoms with Crippen LogP contribution < -0.4 is 15.2 Å². The van der Waals surface area contributed by atoms with E-state index in [1.165, 1.54) is 0 Å². The molecule has 0 aliphatic carbocycles. The number of hydrogen-bond acceptors (Lipinski definition) is 4. The standard InChI is InChI=1S/C13H17N3O2/c1-8-10(11-7-13(14)16(2)15-11)5-9(17-3)6-12(8)18-4/h5-7H,14H2,1-4H3. The molecule has 5 heteroatoms. The number of nitrogens with two attached hydrogens (primary N) is 1. The van der Waals surface area contributed by atoms with Gasteiger partial charge in [-0.2, -0.15) is 5.10 Å². The molecule has 0 unspecified atom stereocenters. The van der Waals surface area contributed by atoms with Crippen molar-refractivity contribution in [1.29, 1.82) is 0 Å². The van der Waals surface area contributed by atoms with Crippen molar-refractivity contribution in [2.45, 2.75) is 6.92 Å². The smallest absolute Gasteiger partial charge is 0.126 e. The molecule has 0 radical (unpaired) electrons. The lowest BCUT2D eigenvalue weighted by molar-refractivity contribution is 0.392. The Morgan fingerprint density at radius 1 is 1.17 bits per heavy atom. The highest BCUT2D eigenvalue weighted by Gasteiger charge is 2.13. The van der Waals surface area contributed by atoms with Crippen molar-refractivity contribution in [2.24, 2.45) is 7.05 Å². The second kappa shape index (κ2) is 4.60. The van der Waals surface area contributed by atoms with E-state index in [2.05, 4.69) is 5.10 Å². The van der Waals surface area contributed by atoms with Crippen molar-refractivity contribution in [2.75, 3.05) is 20.0 Å². The van der Waals surface area contributed by atoms with Crippen LogP contribution in [0.2, 0.25) is 0 Å². The van der Waals surface area contributed by atoms with Crippen LogP contribution in [-0.4, -0.2) is 24.0 Å². The Morgan fingerprint density at radius 3 is 2.39 bits per heavy atom. The number of aromatic nitrogens is 2. The van der Waals surface area contributed by atoms with E-state index in [1.807, 2.05) is 32.2 Å². The first-order valence-corrected chi connectivity index (χ1v) is 5.59. The van der Waals surface area contributed by atoms with E-state index in [0.29, 0.717) is 5.82 Å². The van der Waals surface area contributed by atoms with Crippen molar-refractivity contribution in [3.63, 3.8) is 0 Å². The predicted octanol–water partition coefficient (Wildman–Crippen LogP) is 1.99. The highest BCUT2D eigenvalue weighted by molar-refractivity contribution is 5.70. The van der Waals surface area contributed by atoms with Crippen molar-refractivity contribution < 1.29 is 9.47 Å². The molecule has 2 aromatic rings. The molecule has 18 heavy (non-hydrogen) atoms. The van der Waals surface area contributed by atoms with Crippen molar-refractivity contribution >= 4 is 5.82 Å². The molecule has 0 atom stereocenters. The van der Waals surface area contributed by atoms with Crippen LogP contribution in [0.15, 0.2) is 18.2 Å². The van der Waals surface area contributed by atoms with Crippen LogP contribution in [0.1, 0.15) is 5.56 Å². The molecule has 0 saturated carbocycles. The number of nitrogen functional groups attached to an aromatic ring is 1. The van der Waals surface area contributed by atoms with Gasteiger partial charge in [0, 0.05) is 30.3 Å². The van der Waals surface area contributed by atoms with Gasteiger partial charge in [0.25, 0.3) is 0 Å². The molecule has 0 aliphatic heterocycles. The number of methoxy groups -OCH3 is 2. The molecule has 0 saturated heterocycles. The summed E-state index contributed by atoms with van der Waals surface area (Å²) in [5, 5.41) is 4.37. The maximum absolute atomic E-state index is 5.81. The summed E-state index contributed by atoms with van der Waals surface area (Å²) in [5.74, 6) is 2.12. The molecular formula is C13H17N3O2. The number of benzene rings is 1. The summed E-state index contributed by atoms with van der Waals surface area (Å²) in [5.41, 5.74) is 8.58. The minimum Gasteiger partial charge on any atom is -0.497 e. The van der Waals surface area contributed by atoms with Crippen LogP contribution in [0.3, 0.4) is 0 Å². The van der Waals surface area contributed by atoms with E-state index in [4.69, 9.17) is 15.2 Å². The van der Waals surface area contributed by atoms with Crippen LogP contribution in [0.25, 0.3) is 11.3 Å². The second-order valence-electron chi connectivity index (χ2n) is 4.08. The normalized spacial score (nSPS) is 10.4. The zero-order valence-electron chi connectivity index (χ0n) is 11.0. The monoisotopic (exact) mass is 247 g/mol. The zero-order valence-corrected chi connectivity index (χ0v) is 11.0. The average Bonchev–Trinajstić information content (AvgIpc) is 2.69. The summed E-state index contributed by atoms with van der Waals surface area (Å²) in [6.07, 6.45) is 0. The first-order chi connectivity index (χ1) is 8.56. The van der Waals surface area contributed by atoms with E-state index in [-0.39, 0.29) is 0 Å². The van der Waals surface area contributed by atoms with E-state index in [9.17, 15) is 0 Å². The van der Waals surface area contributed by atoms with Crippen LogP contribution in [0.4, 0.5) is 5.82 Å². The van der Waals surface area contributed by atoms with Crippen molar-refractivity contribution in [1.82, 2.24) is 9.78 Å². The summed E-state index contributed by atoms with van der Waals surface area (Å²) in [7, 11) is 5.07. The van der Waals surface area contributed by atoms with Gasteiger partial charge < -0.3 is 15.2 Å². The average molecular weight is 247 g/mol. The van der Waals surface area contributed by atoms with Gasteiger partial charge in [0.1, 0.15) is 17.3 Å². The predicted molar refractivity (Wildman–Crippen MR) is 70.9 cm³/mol. The van der Waals surface area contributed by atoms with Gasteiger partial charge in [-0.3, -0.25) is 4.68 Å². The quantitative estimate of drug-likeness (QED) is 0.901. The van der Waals surface area contributed by atoms with E-state index < -0.39 is 0 Å². The lowest BCUT2D eigenvalue weighted by Gasteiger charge is -2.11. The molecular weight excluding hydrogens is 230 g/mol. The molecule has 1 aromatic heterocycles. The Bertz CT molecular complexity index is 556. The van der Waals surface area contributed by atoms with Gasteiger partial charge in [-0.05, 0) is 13.0 Å². The number of aryl methyl sites for hydroxylation is 1. The van der Waals surface area contributed by atoms with Crippen LogP contribution in [-0.2, 0) is 7.05 Å². The maximum Gasteiger partial charge on any atom is 0.126 e. The van der Waals surface area contributed by atoms with Crippen molar-refractivity contribution in [3.05, 3.63) is 23.8 Å². The molecule has 0 amide bonds. The maximum atomic E-state index is 5.81. The molecule has 96 valence electrons. The number of ether oxygens (including phenoxy) is 2. The van der Waals surface area contributed by atoms with Crippen molar-refractivity contribution in [3.8, 4) is 22.8 Å². The highest BCUT2D eigenvalue weighted by Crippen LogP contribution is 2.34. The summed E-state index contributed by atoms with van der Waals surface area (Å²) < 4.78 is 12.2. The highest BCUT2D eigenvalue weighted by atomic mass is 16.5. The Morgan fingerprint density at radius 2 is 1.89 bits per heavy atom. The van der Waals surface area contributed by atoms with E-state index in [0.717, 1.165) is 28.3 Å². The second-order valence-corrected chi connectivity index (χ2v) is 4.08. The SMILES string of the molecule is COc1cc(OC)c(C)c(-c2cc(N)n(C)n2)c1. The first kappa shape index (κ1) is 12.3. The molecule has 2 N–H and O–H groups in total. The lowest BCUT2D eigenvalue weighted by Crippen LogP contribution is -1.97. The number of hydrogen-bond donors (Lipinski definition) is 1. The fourth-order valence-electron chi connectivity index (χ4n) is 1.87. The number of anilines is 1. The molecule has 0 fully saturated rings. The third-order valence-corrected chi connectivity index (χ3v) is 2.98. The molecule has 1 heterocycles. The van der Waals surface area contributed by atoms with Crippen LogP contribution in [0, 0.1) is 6.92 Å². The molecule has 0 bridgehead atoms. The van der Waals surface area contributed by atoms with E-state index in [1.54, 1.807) is 18.9 Å². The Labute approximate surface area is 106 Å². The molecule has 2 rings (SSSR count). The van der Waals surface area contributed by atoms with Gasteiger partial charge >= 0.3 is 0 Å². The van der Waals surface area contributed by atoms with E-state index >= 15 is 0 Å². The topological polar surface area (TPSA) is 62.3 Å². The molecule has 5 nitrogen and oxygen atoms in total. The van der Waals surface area contributed by atoms with Crippen LogP contribution >= 0.6 is 0 Å². The fraction of sp³-hybridized carbons (Fsp3) is 0.308. The summed E-state index contributed by atoms with van der Waals surface area (Å²) in [6.45, 7) is 1.98. The van der Waals surface area contributed by atoms with Gasteiger partial charge in [0.2, 0.25) is 0 Å².